The van der Waals surface area contributed by atoms with Crippen molar-refractivity contribution in [1.29, 1.82) is 0 Å². The fourth-order valence-corrected chi connectivity index (χ4v) is 2.12. The number of aromatic nitrogens is 1. The summed E-state index contributed by atoms with van der Waals surface area (Å²) in [5.74, 6) is -0.210. The molecule has 0 fully saturated rings. The fraction of sp³-hybridized carbons (Fsp3) is 0.312. The van der Waals surface area contributed by atoms with Gasteiger partial charge in [-0.15, -0.1) is 0 Å². The van der Waals surface area contributed by atoms with Crippen LogP contribution in [-0.4, -0.2) is 24.6 Å². The summed E-state index contributed by atoms with van der Waals surface area (Å²) in [5.41, 5.74) is 7.52. The molecule has 1 heterocycles. The van der Waals surface area contributed by atoms with Crippen molar-refractivity contribution in [1.82, 2.24) is 4.98 Å². The number of nitrogens with zero attached hydrogens (tertiary/aromatic N) is 2. The number of nitrogens with two attached hydrogens (primary N) is 1. The van der Waals surface area contributed by atoms with E-state index in [-0.39, 0.29) is 5.82 Å². The van der Waals surface area contributed by atoms with Gasteiger partial charge in [0.15, 0.2) is 0 Å². The van der Waals surface area contributed by atoms with E-state index in [4.69, 9.17) is 5.73 Å². The summed E-state index contributed by atoms with van der Waals surface area (Å²) in [5, 5.41) is 0. The molecule has 2 aromatic rings. The van der Waals surface area contributed by atoms with Gasteiger partial charge >= 0.3 is 0 Å². The van der Waals surface area contributed by atoms with Crippen molar-refractivity contribution in [2.75, 3.05) is 24.5 Å². The fourth-order valence-electron chi connectivity index (χ4n) is 2.12. The van der Waals surface area contributed by atoms with Crippen LogP contribution in [0.1, 0.15) is 12.1 Å². The maximum absolute atomic E-state index is 13.3. The highest BCUT2D eigenvalue weighted by Gasteiger charge is 2.07. The average molecular weight is 273 g/mol. The molecule has 0 aliphatic carbocycles. The second kappa shape index (κ2) is 7.60. The molecule has 1 aromatic heterocycles. The summed E-state index contributed by atoms with van der Waals surface area (Å²) >= 11 is 0. The monoisotopic (exact) mass is 273 g/mol. The van der Waals surface area contributed by atoms with Gasteiger partial charge in [-0.3, -0.25) is 4.98 Å². The first-order valence-corrected chi connectivity index (χ1v) is 6.90. The zero-order valence-corrected chi connectivity index (χ0v) is 11.5. The number of benzene rings is 1. The molecule has 2 rings (SSSR count). The van der Waals surface area contributed by atoms with Gasteiger partial charge in [0, 0.05) is 37.1 Å². The van der Waals surface area contributed by atoms with Crippen LogP contribution in [0.3, 0.4) is 0 Å². The molecule has 4 heteroatoms. The Bertz CT molecular complexity index is 516. The maximum Gasteiger partial charge on any atom is 0.125 e. The van der Waals surface area contributed by atoms with E-state index in [9.17, 15) is 4.39 Å². The molecule has 2 N–H and O–H groups in total. The number of halogens is 1. The molecule has 3 nitrogen and oxygen atoms in total. The molecule has 0 amide bonds. The molecular formula is C16H20FN3. The number of hydrogen-bond acceptors (Lipinski definition) is 3. The van der Waals surface area contributed by atoms with Crippen molar-refractivity contribution < 1.29 is 4.39 Å². The minimum Gasteiger partial charge on any atom is -0.371 e. The Morgan fingerprint density at radius 3 is 2.70 bits per heavy atom. The standard InChI is InChI=1S/C16H20FN3/c17-14-5-3-7-16(13-14)20(11-4-9-18)12-8-15-6-1-2-10-19-15/h1-3,5-7,10,13H,4,8-9,11-12,18H2. The van der Waals surface area contributed by atoms with Crippen LogP contribution >= 0.6 is 0 Å². The van der Waals surface area contributed by atoms with Gasteiger partial charge in [0.2, 0.25) is 0 Å². The van der Waals surface area contributed by atoms with Gasteiger partial charge in [-0.05, 0) is 43.3 Å². The van der Waals surface area contributed by atoms with Gasteiger partial charge in [-0.1, -0.05) is 12.1 Å². The Morgan fingerprint density at radius 2 is 2.00 bits per heavy atom. The van der Waals surface area contributed by atoms with Crippen molar-refractivity contribution in [2.45, 2.75) is 12.8 Å². The Hall–Kier alpha value is -1.94. The van der Waals surface area contributed by atoms with Gasteiger partial charge in [0.1, 0.15) is 5.82 Å². The highest BCUT2D eigenvalue weighted by Crippen LogP contribution is 2.16. The number of pyridine rings is 1. The summed E-state index contributed by atoms with van der Waals surface area (Å²) in [6.45, 7) is 2.27. The normalized spacial score (nSPS) is 10.5. The molecule has 0 spiro atoms. The second-order valence-corrected chi connectivity index (χ2v) is 4.68. The lowest BCUT2D eigenvalue weighted by molar-refractivity contribution is 0.625. The first-order chi connectivity index (χ1) is 9.79. The third-order valence-electron chi connectivity index (χ3n) is 3.17. The van der Waals surface area contributed by atoms with E-state index < -0.39 is 0 Å². The first kappa shape index (κ1) is 14.5. The number of hydrogen-bond donors (Lipinski definition) is 1. The smallest absolute Gasteiger partial charge is 0.125 e. The zero-order valence-electron chi connectivity index (χ0n) is 11.5. The molecule has 0 aliphatic rings. The van der Waals surface area contributed by atoms with Gasteiger partial charge in [0.05, 0.1) is 0 Å². The highest BCUT2D eigenvalue weighted by molar-refractivity contribution is 5.46. The quantitative estimate of drug-likeness (QED) is 0.843. The lowest BCUT2D eigenvalue weighted by Gasteiger charge is -2.24. The maximum atomic E-state index is 13.3. The predicted molar refractivity (Wildman–Crippen MR) is 80.2 cm³/mol. The Morgan fingerprint density at radius 1 is 1.10 bits per heavy atom. The zero-order chi connectivity index (χ0) is 14.2. The Kier molecular flexibility index (Phi) is 5.50. The van der Waals surface area contributed by atoms with Crippen molar-refractivity contribution >= 4 is 5.69 Å². The van der Waals surface area contributed by atoms with Crippen LogP contribution < -0.4 is 10.6 Å². The third kappa shape index (κ3) is 4.31. The molecule has 0 saturated carbocycles. The molecule has 0 saturated heterocycles. The van der Waals surface area contributed by atoms with Crippen LogP contribution in [0, 0.1) is 5.82 Å². The lowest BCUT2D eigenvalue weighted by atomic mass is 10.2. The minimum absolute atomic E-state index is 0.210. The topological polar surface area (TPSA) is 42.1 Å². The van der Waals surface area contributed by atoms with Crippen LogP contribution in [0.2, 0.25) is 0 Å². The molecule has 0 radical (unpaired) electrons. The average Bonchev–Trinajstić information content (AvgIpc) is 2.48. The second-order valence-electron chi connectivity index (χ2n) is 4.68. The van der Waals surface area contributed by atoms with Crippen molar-refractivity contribution in [2.24, 2.45) is 5.73 Å². The molecule has 106 valence electrons. The van der Waals surface area contributed by atoms with E-state index in [2.05, 4.69) is 9.88 Å². The van der Waals surface area contributed by atoms with E-state index >= 15 is 0 Å². The summed E-state index contributed by atoms with van der Waals surface area (Å²) in [7, 11) is 0. The summed E-state index contributed by atoms with van der Waals surface area (Å²) in [6.07, 6.45) is 3.52. The molecule has 20 heavy (non-hydrogen) atoms. The van der Waals surface area contributed by atoms with Gasteiger partial charge in [-0.2, -0.15) is 0 Å². The summed E-state index contributed by atoms with van der Waals surface area (Å²) in [4.78, 5) is 6.47. The lowest BCUT2D eigenvalue weighted by Crippen LogP contribution is -2.28. The van der Waals surface area contributed by atoms with Crippen molar-refractivity contribution in [3.63, 3.8) is 0 Å². The van der Waals surface area contributed by atoms with Crippen molar-refractivity contribution in [3.8, 4) is 0 Å². The molecule has 0 bridgehead atoms. The van der Waals surface area contributed by atoms with Crippen molar-refractivity contribution in [3.05, 3.63) is 60.2 Å². The Balaban J connectivity index is 2.03. The molecule has 1 aromatic carbocycles. The molecule has 0 atom stereocenters. The van der Waals surface area contributed by atoms with E-state index in [1.165, 1.54) is 6.07 Å². The minimum atomic E-state index is -0.210. The number of anilines is 1. The third-order valence-corrected chi connectivity index (χ3v) is 3.17. The van der Waals surface area contributed by atoms with E-state index in [0.717, 1.165) is 37.3 Å². The number of rotatable bonds is 7. The molecular weight excluding hydrogens is 253 g/mol. The van der Waals surface area contributed by atoms with Crippen LogP contribution in [0.25, 0.3) is 0 Å². The molecule has 0 aliphatic heterocycles. The van der Waals surface area contributed by atoms with Crippen LogP contribution in [0.4, 0.5) is 10.1 Å². The van der Waals surface area contributed by atoms with Gasteiger partial charge < -0.3 is 10.6 Å². The summed E-state index contributed by atoms with van der Waals surface area (Å²) < 4.78 is 13.3. The van der Waals surface area contributed by atoms with E-state index in [0.29, 0.717) is 6.54 Å². The predicted octanol–water partition coefficient (Wildman–Crippen LogP) is 2.62. The van der Waals surface area contributed by atoms with Crippen LogP contribution in [0.15, 0.2) is 48.7 Å². The first-order valence-electron chi connectivity index (χ1n) is 6.90. The molecule has 0 unspecified atom stereocenters. The highest BCUT2D eigenvalue weighted by atomic mass is 19.1. The Labute approximate surface area is 119 Å². The van der Waals surface area contributed by atoms with Crippen LogP contribution in [0.5, 0.6) is 0 Å². The largest absolute Gasteiger partial charge is 0.371 e. The van der Waals surface area contributed by atoms with E-state index in [1.807, 2.05) is 24.3 Å². The van der Waals surface area contributed by atoms with Crippen LogP contribution in [-0.2, 0) is 6.42 Å². The van der Waals surface area contributed by atoms with E-state index in [1.54, 1.807) is 18.3 Å². The SMILES string of the molecule is NCCCN(CCc1ccccn1)c1cccc(F)c1. The van der Waals surface area contributed by atoms with Gasteiger partial charge in [-0.25, -0.2) is 4.39 Å². The van der Waals surface area contributed by atoms with Gasteiger partial charge in [0.25, 0.3) is 0 Å². The summed E-state index contributed by atoms with van der Waals surface area (Å²) in [6, 6.07) is 12.6.